The zero-order chi connectivity index (χ0) is 22.1. The van der Waals surface area contributed by atoms with Crippen molar-refractivity contribution in [3.05, 3.63) is 35.7 Å². The van der Waals surface area contributed by atoms with E-state index in [4.69, 9.17) is 9.47 Å². The Kier molecular flexibility index (Phi) is 5.99. The molecule has 30 heavy (non-hydrogen) atoms. The van der Waals surface area contributed by atoms with E-state index in [1.165, 1.54) is 4.90 Å². The molecule has 0 bridgehead atoms. The van der Waals surface area contributed by atoms with Gasteiger partial charge >= 0.3 is 6.09 Å². The van der Waals surface area contributed by atoms with Crippen LogP contribution in [0.15, 0.2) is 24.3 Å². The third kappa shape index (κ3) is 4.87. The minimum atomic E-state index is -0.783. The third-order valence-electron chi connectivity index (χ3n) is 4.91. The van der Waals surface area contributed by atoms with Gasteiger partial charge in [0.2, 0.25) is 0 Å². The molecule has 0 saturated carbocycles. The molecule has 3 rings (SSSR count). The summed E-state index contributed by atoms with van der Waals surface area (Å²) in [7, 11) is 0. The van der Waals surface area contributed by atoms with Gasteiger partial charge < -0.3 is 19.7 Å². The maximum atomic E-state index is 13.0. The fourth-order valence-corrected chi connectivity index (χ4v) is 3.45. The van der Waals surface area contributed by atoms with Crippen LogP contribution in [0, 0.1) is 6.92 Å². The number of morpholine rings is 1. The molecular weight excluding hydrogens is 384 g/mol. The van der Waals surface area contributed by atoms with E-state index in [2.05, 4.69) is 15.5 Å². The predicted octanol–water partition coefficient (Wildman–Crippen LogP) is 2.93. The SMILES string of the molecule is Cc1nnc(C(C)(C)NC(=O)C2CN(C(=O)OC(C)(C)C)CCO2)c2ccccc12. The quantitative estimate of drug-likeness (QED) is 0.830. The number of nitrogens with zero attached hydrogens (tertiary/aromatic N) is 3. The zero-order valence-electron chi connectivity index (χ0n) is 18.5. The Bertz CT molecular complexity index is 952. The molecule has 2 amide bonds. The Morgan fingerprint density at radius 1 is 1.13 bits per heavy atom. The number of rotatable bonds is 3. The van der Waals surface area contributed by atoms with Gasteiger partial charge in [-0.3, -0.25) is 4.79 Å². The molecule has 0 aliphatic carbocycles. The number of carbonyl (C=O) groups excluding carboxylic acids is 2. The summed E-state index contributed by atoms with van der Waals surface area (Å²) in [4.78, 5) is 26.9. The Labute approximate surface area is 176 Å². The van der Waals surface area contributed by atoms with Gasteiger partial charge in [0.15, 0.2) is 6.10 Å². The zero-order valence-corrected chi connectivity index (χ0v) is 18.5. The van der Waals surface area contributed by atoms with E-state index >= 15 is 0 Å². The van der Waals surface area contributed by atoms with Crippen molar-refractivity contribution in [3.8, 4) is 0 Å². The molecule has 1 aromatic heterocycles. The lowest BCUT2D eigenvalue weighted by Gasteiger charge is -2.35. The lowest BCUT2D eigenvalue weighted by atomic mass is 9.94. The number of aromatic nitrogens is 2. The topological polar surface area (TPSA) is 93.7 Å². The van der Waals surface area contributed by atoms with Crippen LogP contribution in [-0.2, 0) is 19.8 Å². The van der Waals surface area contributed by atoms with Gasteiger partial charge in [-0.25, -0.2) is 4.79 Å². The number of aryl methyl sites for hydroxylation is 1. The molecule has 2 aromatic rings. The maximum Gasteiger partial charge on any atom is 0.410 e. The first kappa shape index (κ1) is 22.0. The molecule has 0 radical (unpaired) electrons. The minimum absolute atomic E-state index is 0.136. The third-order valence-corrected chi connectivity index (χ3v) is 4.91. The number of amides is 2. The van der Waals surface area contributed by atoms with Crippen molar-refractivity contribution in [1.82, 2.24) is 20.4 Å². The van der Waals surface area contributed by atoms with Crippen LogP contribution in [-0.4, -0.2) is 58.5 Å². The number of hydrogen-bond donors (Lipinski definition) is 1. The first-order valence-electron chi connectivity index (χ1n) is 10.1. The summed E-state index contributed by atoms with van der Waals surface area (Å²) in [6.07, 6.45) is -1.23. The van der Waals surface area contributed by atoms with Crippen LogP contribution in [0.2, 0.25) is 0 Å². The molecule has 2 heterocycles. The van der Waals surface area contributed by atoms with Crippen molar-refractivity contribution in [1.29, 1.82) is 0 Å². The van der Waals surface area contributed by atoms with E-state index in [1.54, 1.807) is 0 Å². The van der Waals surface area contributed by atoms with Crippen molar-refractivity contribution in [2.24, 2.45) is 0 Å². The largest absolute Gasteiger partial charge is 0.444 e. The Morgan fingerprint density at radius 2 is 1.80 bits per heavy atom. The number of nitrogens with one attached hydrogen (secondary N) is 1. The summed E-state index contributed by atoms with van der Waals surface area (Å²) in [6.45, 7) is 11.9. The normalized spacial score (nSPS) is 17.7. The standard InChI is InChI=1S/C22H30N4O4/c1-14-15-9-7-8-10-16(15)18(25-24-14)22(5,6)23-19(27)17-13-26(11-12-29-17)20(28)30-21(2,3)4/h7-10,17H,11-13H2,1-6H3,(H,23,27). The maximum absolute atomic E-state index is 13.0. The minimum Gasteiger partial charge on any atom is -0.444 e. The van der Waals surface area contributed by atoms with Crippen LogP contribution < -0.4 is 5.32 Å². The van der Waals surface area contributed by atoms with Crippen LogP contribution >= 0.6 is 0 Å². The summed E-state index contributed by atoms with van der Waals surface area (Å²) in [5, 5.41) is 13.6. The van der Waals surface area contributed by atoms with Gasteiger partial charge in [-0.1, -0.05) is 24.3 Å². The van der Waals surface area contributed by atoms with Gasteiger partial charge in [0, 0.05) is 17.3 Å². The van der Waals surface area contributed by atoms with E-state index in [0.717, 1.165) is 16.5 Å². The predicted molar refractivity (Wildman–Crippen MR) is 113 cm³/mol. The molecule has 1 aliphatic heterocycles. The van der Waals surface area contributed by atoms with E-state index in [0.29, 0.717) is 12.2 Å². The number of benzene rings is 1. The molecule has 1 fully saturated rings. The fraction of sp³-hybridized carbons (Fsp3) is 0.545. The second kappa shape index (κ2) is 8.18. The monoisotopic (exact) mass is 414 g/mol. The molecule has 1 saturated heterocycles. The van der Waals surface area contributed by atoms with Crippen LogP contribution in [0.3, 0.4) is 0 Å². The number of ether oxygens (including phenoxy) is 2. The van der Waals surface area contributed by atoms with Crippen LogP contribution in [0.4, 0.5) is 4.79 Å². The van der Waals surface area contributed by atoms with E-state index in [1.807, 2.05) is 65.8 Å². The molecule has 8 heteroatoms. The first-order valence-corrected chi connectivity index (χ1v) is 10.1. The summed E-state index contributed by atoms with van der Waals surface area (Å²) in [5.41, 5.74) is 0.131. The summed E-state index contributed by atoms with van der Waals surface area (Å²) >= 11 is 0. The van der Waals surface area contributed by atoms with Crippen molar-refractivity contribution >= 4 is 22.8 Å². The molecule has 1 aliphatic rings. The second-order valence-electron chi connectivity index (χ2n) is 9.08. The van der Waals surface area contributed by atoms with Gasteiger partial charge in [-0.2, -0.15) is 10.2 Å². The van der Waals surface area contributed by atoms with Crippen molar-refractivity contribution < 1.29 is 19.1 Å². The Morgan fingerprint density at radius 3 is 2.47 bits per heavy atom. The highest BCUT2D eigenvalue weighted by atomic mass is 16.6. The average molecular weight is 415 g/mol. The fourth-order valence-electron chi connectivity index (χ4n) is 3.45. The van der Waals surface area contributed by atoms with Crippen LogP contribution in [0.25, 0.3) is 10.8 Å². The highest BCUT2D eigenvalue weighted by Crippen LogP contribution is 2.27. The highest BCUT2D eigenvalue weighted by Gasteiger charge is 2.35. The summed E-state index contributed by atoms with van der Waals surface area (Å²) < 4.78 is 11.1. The summed E-state index contributed by atoms with van der Waals surface area (Å²) in [5.74, 6) is -0.306. The molecule has 1 unspecified atom stereocenters. The van der Waals surface area contributed by atoms with Gasteiger partial charge in [-0.15, -0.1) is 0 Å². The summed E-state index contributed by atoms with van der Waals surface area (Å²) in [6, 6.07) is 7.85. The van der Waals surface area contributed by atoms with Gasteiger partial charge in [0.1, 0.15) is 5.60 Å². The highest BCUT2D eigenvalue weighted by molar-refractivity contribution is 5.88. The lowest BCUT2D eigenvalue weighted by Crippen LogP contribution is -2.55. The van der Waals surface area contributed by atoms with E-state index < -0.39 is 23.3 Å². The van der Waals surface area contributed by atoms with Crippen molar-refractivity contribution in [2.45, 2.75) is 58.8 Å². The molecule has 1 atom stereocenters. The molecular formula is C22H30N4O4. The number of fused-ring (bicyclic) bond motifs is 1. The number of hydrogen-bond acceptors (Lipinski definition) is 6. The Hall–Kier alpha value is -2.74. The van der Waals surface area contributed by atoms with E-state index in [9.17, 15) is 9.59 Å². The average Bonchev–Trinajstić information content (AvgIpc) is 2.66. The molecule has 162 valence electrons. The molecule has 0 spiro atoms. The van der Waals surface area contributed by atoms with Crippen LogP contribution in [0.1, 0.15) is 46.0 Å². The van der Waals surface area contributed by atoms with Crippen molar-refractivity contribution in [2.75, 3.05) is 19.7 Å². The van der Waals surface area contributed by atoms with Gasteiger partial charge in [0.25, 0.3) is 5.91 Å². The molecule has 8 nitrogen and oxygen atoms in total. The van der Waals surface area contributed by atoms with E-state index in [-0.39, 0.29) is 19.1 Å². The number of carbonyl (C=O) groups is 2. The van der Waals surface area contributed by atoms with Crippen LogP contribution in [0.5, 0.6) is 0 Å². The molecule has 1 N–H and O–H groups in total. The first-order chi connectivity index (χ1) is 14.0. The second-order valence-corrected chi connectivity index (χ2v) is 9.08. The van der Waals surface area contributed by atoms with Gasteiger partial charge in [-0.05, 0) is 41.5 Å². The van der Waals surface area contributed by atoms with Crippen molar-refractivity contribution in [3.63, 3.8) is 0 Å². The lowest BCUT2D eigenvalue weighted by molar-refractivity contribution is -0.139. The smallest absolute Gasteiger partial charge is 0.410 e. The van der Waals surface area contributed by atoms with Gasteiger partial charge in [0.05, 0.1) is 30.1 Å². The molecule has 1 aromatic carbocycles. The Balaban J connectivity index is 1.75.